The molecule has 2 aromatic rings. The van der Waals surface area contributed by atoms with E-state index in [9.17, 15) is 4.79 Å². The number of aliphatic imine (C=N–C) groups is 1. The van der Waals surface area contributed by atoms with Gasteiger partial charge in [-0.15, -0.1) is 0 Å². The molecule has 0 aromatic heterocycles. The summed E-state index contributed by atoms with van der Waals surface area (Å²) in [6, 6.07) is 11.2. The minimum Gasteiger partial charge on any atom is -0.454 e. The minimum absolute atomic E-state index is 0.0495. The Kier molecular flexibility index (Phi) is 4.19. The van der Waals surface area contributed by atoms with Gasteiger partial charge in [-0.05, 0) is 40.8 Å². The fourth-order valence-electron chi connectivity index (χ4n) is 2.84. The van der Waals surface area contributed by atoms with Gasteiger partial charge in [0.25, 0.3) is 0 Å². The Morgan fingerprint density at radius 2 is 1.74 bits per heavy atom. The van der Waals surface area contributed by atoms with Gasteiger partial charge in [0, 0.05) is 11.6 Å². The van der Waals surface area contributed by atoms with Crippen LogP contribution in [0.3, 0.4) is 0 Å². The molecule has 0 N–H and O–H groups in total. The van der Waals surface area contributed by atoms with Gasteiger partial charge in [-0.1, -0.05) is 44.5 Å². The van der Waals surface area contributed by atoms with Crippen molar-refractivity contribution >= 4 is 29.5 Å². The summed E-state index contributed by atoms with van der Waals surface area (Å²) >= 11 is 6.27. The first-order chi connectivity index (χ1) is 12.8. The molecule has 0 saturated heterocycles. The lowest BCUT2D eigenvalue weighted by molar-refractivity contribution is -0.129. The average molecular weight is 384 g/mol. The van der Waals surface area contributed by atoms with E-state index in [1.165, 1.54) is 5.56 Å². The first kappa shape index (κ1) is 17.6. The Labute approximate surface area is 162 Å². The lowest BCUT2D eigenvalue weighted by Gasteiger charge is -2.18. The van der Waals surface area contributed by atoms with Crippen LogP contribution < -0.4 is 9.47 Å². The Balaban J connectivity index is 1.65. The van der Waals surface area contributed by atoms with Crippen LogP contribution in [0.15, 0.2) is 47.1 Å². The van der Waals surface area contributed by atoms with Gasteiger partial charge in [0.05, 0.1) is 5.02 Å². The van der Waals surface area contributed by atoms with Crippen LogP contribution in [0.4, 0.5) is 0 Å². The minimum atomic E-state index is -0.515. The summed E-state index contributed by atoms with van der Waals surface area (Å²) < 4.78 is 16.0. The Morgan fingerprint density at radius 3 is 2.41 bits per heavy atom. The standard InChI is InChI=1S/C21H18ClNO4/c1-21(2,3)14-6-4-12(5-7-14)19-23-16(20(24)27-19)8-13-9-17-18(10-15(13)22)26-11-25-17/h4-10H,11H2,1-3H3/b16-8-. The van der Waals surface area contributed by atoms with Crippen LogP contribution in [-0.2, 0) is 14.9 Å². The average Bonchev–Trinajstić information content (AvgIpc) is 3.21. The number of hydrogen-bond donors (Lipinski definition) is 0. The largest absolute Gasteiger partial charge is 0.454 e. The molecule has 0 atom stereocenters. The fourth-order valence-corrected chi connectivity index (χ4v) is 3.04. The van der Waals surface area contributed by atoms with Crippen LogP contribution in [0.2, 0.25) is 5.02 Å². The number of carbonyl (C=O) groups excluding carboxylic acids is 1. The van der Waals surface area contributed by atoms with Crippen LogP contribution in [-0.4, -0.2) is 18.7 Å². The molecule has 2 aliphatic rings. The van der Waals surface area contributed by atoms with Crippen molar-refractivity contribution < 1.29 is 19.0 Å². The number of esters is 1. The van der Waals surface area contributed by atoms with Crippen molar-refractivity contribution in [2.24, 2.45) is 4.99 Å². The Morgan fingerprint density at radius 1 is 1.07 bits per heavy atom. The summed E-state index contributed by atoms with van der Waals surface area (Å²) in [7, 11) is 0. The maximum absolute atomic E-state index is 12.2. The number of halogens is 1. The molecular formula is C21H18ClNO4. The van der Waals surface area contributed by atoms with E-state index >= 15 is 0 Å². The zero-order chi connectivity index (χ0) is 19.2. The highest BCUT2D eigenvalue weighted by atomic mass is 35.5. The molecule has 2 aliphatic heterocycles. The highest BCUT2D eigenvalue weighted by Gasteiger charge is 2.25. The summed E-state index contributed by atoms with van der Waals surface area (Å²) in [5, 5.41) is 0.442. The first-order valence-corrected chi connectivity index (χ1v) is 8.92. The van der Waals surface area contributed by atoms with Gasteiger partial charge in [-0.25, -0.2) is 9.79 Å². The van der Waals surface area contributed by atoms with Crippen LogP contribution >= 0.6 is 11.6 Å². The molecule has 0 amide bonds. The second kappa shape index (κ2) is 6.43. The van der Waals surface area contributed by atoms with Crippen molar-refractivity contribution in [2.75, 3.05) is 6.79 Å². The van der Waals surface area contributed by atoms with E-state index in [-0.39, 0.29) is 23.8 Å². The van der Waals surface area contributed by atoms with Crippen molar-refractivity contribution in [1.82, 2.24) is 0 Å². The third-order valence-corrected chi connectivity index (χ3v) is 4.73. The Hall–Kier alpha value is -2.79. The smallest absolute Gasteiger partial charge is 0.363 e. The monoisotopic (exact) mass is 383 g/mol. The van der Waals surface area contributed by atoms with Crippen LogP contribution in [0.1, 0.15) is 37.5 Å². The summed E-state index contributed by atoms with van der Waals surface area (Å²) in [5.74, 6) is 0.932. The highest BCUT2D eigenvalue weighted by molar-refractivity contribution is 6.32. The van der Waals surface area contributed by atoms with Crippen molar-refractivity contribution in [3.63, 3.8) is 0 Å². The zero-order valence-corrected chi connectivity index (χ0v) is 16.0. The molecule has 0 fully saturated rings. The SMILES string of the molecule is CC(C)(C)c1ccc(C2=N/C(=C\c3cc4c(cc3Cl)OCO4)C(=O)O2)cc1. The number of carbonyl (C=O) groups is 1. The molecule has 6 heteroatoms. The van der Waals surface area contributed by atoms with Gasteiger partial charge in [0.1, 0.15) is 0 Å². The number of benzene rings is 2. The van der Waals surface area contributed by atoms with Gasteiger partial charge in [0.2, 0.25) is 12.7 Å². The predicted octanol–water partition coefficient (Wildman–Crippen LogP) is 4.71. The Bertz CT molecular complexity index is 984. The zero-order valence-electron chi connectivity index (χ0n) is 15.2. The maximum Gasteiger partial charge on any atom is 0.363 e. The molecule has 27 heavy (non-hydrogen) atoms. The lowest BCUT2D eigenvalue weighted by Crippen LogP contribution is -2.11. The molecule has 0 aliphatic carbocycles. The number of ether oxygens (including phenoxy) is 3. The van der Waals surface area contributed by atoms with Gasteiger partial charge in [-0.3, -0.25) is 0 Å². The van der Waals surface area contributed by atoms with E-state index in [0.29, 0.717) is 22.1 Å². The van der Waals surface area contributed by atoms with Crippen molar-refractivity contribution in [3.05, 3.63) is 63.8 Å². The number of nitrogens with zero attached hydrogens (tertiary/aromatic N) is 1. The highest BCUT2D eigenvalue weighted by Crippen LogP contribution is 2.38. The van der Waals surface area contributed by atoms with Gasteiger partial charge >= 0.3 is 5.97 Å². The quantitative estimate of drug-likeness (QED) is 0.556. The van der Waals surface area contributed by atoms with Crippen molar-refractivity contribution in [2.45, 2.75) is 26.2 Å². The molecule has 0 unspecified atom stereocenters. The van der Waals surface area contributed by atoms with Gasteiger partial charge < -0.3 is 14.2 Å². The van der Waals surface area contributed by atoms with Gasteiger partial charge in [-0.2, -0.15) is 0 Å². The van der Waals surface area contributed by atoms with Gasteiger partial charge in [0.15, 0.2) is 17.2 Å². The molecular weight excluding hydrogens is 366 g/mol. The second-order valence-corrected chi connectivity index (χ2v) is 7.80. The summed E-state index contributed by atoms with van der Waals surface area (Å²) in [6.07, 6.45) is 1.59. The van der Waals surface area contributed by atoms with Crippen molar-refractivity contribution in [1.29, 1.82) is 0 Å². The molecule has 0 spiro atoms. The van der Waals surface area contributed by atoms with E-state index in [1.54, 1.807) is 18.2 Å². The van der Waals surface area contributed by atoms with E-state index in [0.717, 1.165) is 5.56 Å². The maximum atomic E-state index is 12.2. The van der Waals surface area contributed by atoms with E-state index in [4.69, 9.17) is 25.8 Å². The van der Waals surface area contributed by atoms with E-state index in [1.807, 2.05) is 24.3 Å². The lowest BCUT2D eigenvalue weighted by atomic mass is 9.87. The molecule has 138 valence electrons. The number of rotatable bonds is 2. The van der Waals surface area contributed by atoms with Crippen LogP contribution in [0.5, 0.6) is 11.5 Å². The first-order valence-electron chi connectivity index (χ1n) is 8.54. The molecule has 0 bridgehead atoms. The number of hydrogen-bond acceptors (Lipinski definition) is 5. The number of fused-ring (bicyclic) bond motifs is 1. The second-order valence-electron chi connectivity index (χ2n) is 7.39. The summed E-state index contributed by atoms with van der Waals surface area (Å²) in [6.45, 7) is 6.59. The molecule has 5 nitrogen and oxygen atoms in total. The van der Waals surface area contributed by atoms with Crippen molar-refractivity contribution in [3.8, 4) is 11.5 Å². The third-order valence-electron chi connectivity index (χ3n) is 4.40. The normalized spacial score (nSPS) is 17.3. The molecule has 0 saturated carbocycles. The summed E-state index contributed by atoms with van der Waals surface area (Å²) in [5.41, 5.74) is 2.79. The van der Waals surface area contributed by atoms with E-state index in [2.05, 4.69) is 25.8 Å². The number of cyclic esters (lactones) is 1. The third kappa shape index (κ3) is 3.43. The predicted molar refractivity (Wildman–Crippen MR) is 103 cm³/mol. The van der Waals surface area contributed by atoms with E-state index < -0.39 is 5.97 Å². The molecule has 4 rings (SSSR count). The molecule has 0 radical (unpaired) electrons. The molecule has 2 heterocycles. The fraction of sp³-hybridized carbons (Fsp3) is 0.238. The summed E-state index contributed by atoms with van der Waals surface area (Å²) in [4.78, 5) is 16.6. The topological polar surface area (TPSA) is 57.1 Å². The molecule has 2 aromatic carbocycles. The van der Waals surface area contributed by atoms with Crippen LogP contribution in [0.25, 0.3) is 6.08 Å². The van der Waals surface area contributed by atoms with Crippen LogP contribution in [0, 0.1) is 0 Å².